The van der Waals surface area contributed by atoms with Crippen molar-refractivity contribution < 1.29 is 9.58 Å². The average Bonchev–Trinajstić information content (AvgIpc) is 2.94. The maximum Gasteiger partial charge on any atom is 0.463 e. The molecule has 0 radical (unpaired) electrons. The van der Waals surface area contributed by atoms with Crippen LogP contribution in [-0.2, 0) is 12.8 Å². The van der Waals surface area contributed by atoms with Crippen molar-refractivity contribution in [3.8, 4) is 12.3 Å². The highest BCUT2D eigenvalue weighted by molar-refractivity contribution is 5.71. The van der Waals surface area contributed by atoms with Crippen LogP contribution in [0.25, 0.3) is 11.0 Å². The molecule has 6 heteroatoms. The molecule has 0 saturated carbocycles. The minimum atomic E-state index is 0.0747. The zero-order chi connectivity index (χ0) is 15.0. The second-order valence-corrected chi connectivity index (χ2v) is 5.31. The van der Waals surface area contributed by atoms with Crippen molar-refractivity contribution in [3.05, 3.63) is 33.7 Å². The van der Waals surface area contributed by atoms with Gasteiger partial charge in [-0.25, -0.2) is 4.73 Å². The van der Waals surface area contributed by atoms with E-state index in [9.17, 15) is 10.4 Å². The van der Waals surface area contributed by atoms with E-state index in [4.69, 9.17) is 6.42 Å². The molecule has 2 aromatic rings. The number of benzene rings is 1. The largest absolute Gasteiger partial charge is 0.739 e. The number of anilines is 1. The van der Waals surface area contributed by atoms with Crippen molar-refractivity contribution in [1.29, 1.82) is 0 Å². The molecule has 0 N–H and O–H groups in total. The molecule has 0 atom stereocenters. The minimum Gasteiger partial charge on any atom is -0.739 e. The summed E-state index contributed by atoms with van der Waals surface area (Å²) in [7, 11) is 1.70. The maximum atomic E-state index is 12.5. The van der Waals surface area contributed by atoms with Crippen LogP contribution in [0.3, 0.4) is 0 Å². The zero-order valence-corrected chi connectivity index (χ0v) is 11.9. The van der Waals surface area contributed by atoms with Crippen molar-refractivity contribution in [1.82, 2.24) is 5.10 Å². The van der Waals surface area contributed by atoms with Gasteiger partial charge in [-0.1, -0.05) is 0 Å². The number of aryl methyl sites for hydroxylation is 2. The lowest BCUT2D eigenvalue weighted by molar-refractivity contribution is -0.673. The van der Waals surface area contributed by atoms with E-state index in [2.05, 4.69) is 11.0 Å². The van der Waals surface area contributed by atoms with Gasteiger partial charge in [0.2, 0.25) is 5.10 Å². The van der Waals surface area contributed by atoms with E-state index >= 15 is 0 Å². The zero-order valence-electron chi connectivity index (χ0n) is 11.9. The van der Waals surface area contributed by atoms with Crippen molar-refractivity contribution in [3.63, 3.8) is 0 Å². The topological polar surface area (TPSA) is 70.0 Å². The van der Waals surface area contributed by atoms with Gasteiger partial charge in [0.1, 0.15) is 0 Å². The normalized spacial score (nSPS) is 13.1. The minimum absolute atomic E-state index is 0.0747. The quantitative estimate of drug-likeness (QED) is 0.466. The van der Waals surface area contributed by atoms with Crippen LogP contribution in [0.15, 0.2) is 12.1 Å². The molecule has 0 bridgehead atoms. The first kappa shape index (κ1) is 13.4. The number of fused-ring (bicyclic) bond motifs is 2. The highest BCUT2D eigenvalue weighted by Gasteiger charge is 2.26. The summed E-state index contributed by atoms with van der Waals surface area (Å²) in [4.78, 5) is 2.14. The third-order valence-corrected chi connectivity index (χ3v) is 3.91. The Kier molecular flexibility index (Phi) is 3.26. The second-order valence-electron chi connectivity index (χ2n) is 5.31. The molecule has 6 nitrogen and oxygen atoms in total. The predicted molar refractivity (Wildman–Crippen MR) is 78.4 cm³/mol. The molecule has 0 amide bonds. The second kappa shape index (κ2) is 5.09. The number of hydrogen-bond donors (Lipinski definition) is 0. The summed E-state index contributed by atoms with van der Waals surface area (Å²) < 4.78 is 0.721. The Hall–Kier alpha value is -2.55. The lowest BCUT2D eigenvalue weighted by atomic mass is 10.1. The molecule has 108 valence electrons. The summed E-state index contributed by atoms with van der Waals surface area (Å²) in [6, 6.07) is 3.61. The van der Waals surface area contributed by atoms with Crippen molar-refractivity contribution in [2.75, 3.05) is 18.5 Å². The SMILES string of the molecule is C#CCCN(C)c1n[n+]([O-])c2cc3c(cc2[n+]1[O-])CCC3. The Labute approximate surface area is 122 Å². The van der Waals surface area contributed by atoms with Crippen LogP contribution in [0, 0.1) is 22.8 Å². The van der Waals surface area contributed by atoms with E-state index in [1.807, 2.05) is 6.07 Å². The molecule has 0 unspecified atom stereocenters. The van der Waals surface area contributed by atoms with Crippen LogP contribution < -0.4 is 14.5 Å². The molecule has 1 aliphatic rings. The van der Waals surface area contributed by atoms with E-state index < -0.39 is 0 Å². The van der Waals surface area contributed by atoms with Gasteiger partial charge in [0.15, 0.2) is 5.52 Å². The monoisotopic (exact) mass is 284 g/mol. The molecule has 1 heterocycles. The fourth-order valence-electron chi connectivity index (χ4n) is 2.76. The summed E-state index contributed by atoms with van der Waals surface area (Å²) in [5.74, 6) is 2.58. The number of rotatable bonds is 3. The lowest BCUT2D eigenvalue weighted by Crippen LogP contribution is -2.47. The first-order valence-corrected chi connectivity index (χ1v) is 6.95. The summed E-state index contributed by atoms with van der Waals surface area (Å²) in [6.45, 7) is 0.474. The van der Waals surface area contributed by atoms with E-state index in [1.54, 1.807) is 18.0 Å². The fraction of sp³-hybridized carbons (Fsp3) is 0.400. The predicted octanol–water partition coefficient (Wildman–Crippen LogP) is 0.450. The third-order valence-electron chi connectivity index (χ3n) is 3.91. The Morgan fingerprint density at radius 2 is 1.95 bits per heavy atom. The van der Waals surface area contributed by atoms with E-state index in [0.717, 1.165) is 35.1 Å². The molecule has 0 fully saturated rings. The van der Waals surface area contributed by atoms with Crippen LogP contribution >= 0.6 is 0 Å². The highest BCUT2D eigenvalue weighted by atomic mass is 16.5. The number of terminal acetylenes is 1. The van der Waals surface area contributed by atoms with Crippen LogP contribution in [0.1, 0.15) is 24.0 Å². The van der Waals surface area contributed by atoms with Gasteiger partial charge in [-0.15, -0.1) is 12.3 Å². The first-order valence-electron chi connectivity index (χ1n) is 6.95. The Morgan fingerprint density at radius 3 is 2.62 bits per heavy atom. The lowest BCUT2D eigenvalue weighted by Gasteiger charge is -2.15. The van der Waals surface area contributed by atoms with Gasteiger partial charge >= 0.3 is 5.95 Å². The smallest absolute Gasteiger partial charge is 0.463 e. The molecular formula is C15H16N4O2. The summed E-state index contributed by atoms with van der Waals surface area (Å²) >= 11 is 0. The summed E-state index contributed by atoms with van der Waals surface area (Å²) in [6.07, 6.45) is 8.68. The van der Waals surface area contributed by atoms with Crippen LogP contribution in [0.2, 0.25) is 0 Å². The van der Waals surface area contributed by atoms with Gasteiger partial charge in [0.05, 0.1) is 13.6 Å². The number of aromatic nitrogens is 3. The Bertz CT molecular complexity index is 752. The standard InChI is InChI=1S/C15H16N4O2/c1-3-4-8-17(2)15-16-19(21)14-10-12-7-5-6-11(12)9-13(14)18(15)20/h1,9-10H,4-8H2,2H3. The van der Waals surface area contributed by atoms with E-state index in [-0.39, 0.29) is 5.95 Å². The van der Waals surface area contributed by atoms with Crippen LogP contribution in [0.4, 0.5) is 5.95 Å². The van der Waals surface area contributed by atoms with Gasteiger partial charge < -0.3 is 10.4 Å². The van der Waals surface area contributed by atoms with Gasteiger partial charge in [0, 0.05) is 17.3 Å². The average molecular weight is 284 g/mol. The van der Waals surface area contributed by atoms with Gasteiger partial charge in [-0.2, -0.15) is 0 Å². The first-order chi connectivity index (χ1) is 10.1. The van der Waals surface area contributed by atoms with Gasteiger partial charge in [0.25, 0.3) is 5.52 Å². The Balaban J connectivity index is 2.14. The molecule has 1 aromatic heterocycles. The van der Waals surface area contributed by atoms with Crippen LogP contribution in [-0.4, -0.2) is 18.7 Å². The summed E-state index contributed by atoms with van der Waals surface area (Å²) in [5.41, 5.74) is 2.97. The third kappa shape index (κ3) is 2.21. The van der Waals surface area contributed by atoms with Crippen molar-refractivity contribution >= 4 is 17.0 Å². The molecule has 21 heavy (non-hydrogen) atoms. The van der Waals surface area contributed by atoms with Crippen molar-refractivity contribution in [2.24, 2.45) is 0 Å². The molecule has 3 rings (SSSR count). The molecule has 1 aromatic carbocycles. The molecular weight excluding hydrogens is 268 g/mol. The molecule has 1 aliphatic carbocycles. The highest BCUT2D eigenvalue weighted by Crippen LogP contribution is 2.24. The fourth-order valence-corrected chi connectivity index (χ4v) is 2.76. The van der Waals surface area contributed by atoms with Gasteiger partial charge in [-0.3, -0.25) is 4.90 Å². The van der Waals surface area contributed by atoms with Crippen molar-refractivity contribution in [2.45, 2.75) is 25.7 Å². The van der Waals surface area contributed by atoms with E-state index in [1.165, 1.54) is 0 Å². The van der Waals surface area contributed by atoms with Crippen LogP contribution in [0.5, 0.6) is 0 Å². The maximum absolute atomic E-state index is 12.5. The Morgan fingerprint density at radius 1 is 1.29 bits per heavy atom. The molecule has 0 aliphatic heterocycles. The summed E-state index contributed by atoms with van der Waals surface area (Å²) in [5, 5.41) is 28.5. The molecule has 0 spiro atoms. The number of nitrogens with zero attached hydrogens (tertiary/aromatic N) is 4. The van der Waals surface area contributed by atoms with E-state index in [0.29, 0.717) is 28.8 Å². The van der Waals surface area contributed by atoms with Gasteiger partial charge in [-0.05, 0) is 36.5 Å². The molecule has 0 saturated heterocycles. The number of hydrogen-bond acceptors (Lipinski definition) is 4.